The monoisotopic (exact) mass is 350 g/mol. The highest BCUT2D eigenvalue weighted by Crippen LogP contribution is 2.32. The molecule has 0 bridgehead atoms. The minimum atomic E-state index is -0.134. The molecule has 25 heavy (non-hydrogen) atoms. The number of hydrogen-bond donors (Lipinski definition) is 3. The minimum Gasteiger partial charge on any atom is -0.486 e. The van der Waals surface area contributed by atoms with Gasteiger partial charge in [0.15, 0.2) is 24.6 Å². The number of amides is 2. The predicted octanol–water partition coefficient (Wildman–Crippen LogP) is 0.0733. The van der Waals surface area contributed by atoms with E-state index in [1.165, 1.54) is 0 Å². The molecular weight excluding hydrogens is 322 g/mol. The van der Waals surface area contributed by atoms with Crippen LogP contribution >= 0.6 is 0 Å². The Bertz CT molecular complexity index is 604. The minimum absolute atomic E-state index is 0.0299. The molecule has 138 valence electrons. The number of hydrogen-bond acceptors (Lipinski definition) is 4. The third kappa shape index (κ3) is 6.26. The molecule has 7 heteroatoms. The van der Waals surface area contributed by atoms with Gasteiger partial charge in [-0.3, -0.25) is 9.59 Å². The maximum Gasteiger partial charge on any atom is 0.279 e. The lowest BCUT2D eigenvalue weighted by atomic mass is 10.2. The van der Waals surface area contributed by atoms with Crippen molar-refractivity contribution in [1.82, 2.24) is 5.32 Å². The Morgan fingerprint density at radius 1 is 1.12 bits per heavy atom. The van der Waals surface area contributed by atoms with Crippen LogP contribution in [0.5, 0.6) is 11.5 Å². The van der Waals surface area contributed by atoms with E-state index in [9.17, 15) is 9.59 Å². The highest BCUT2D eigenvalue weighted by atomic mass is 16.6. The maximum absolute atomic E-state index is 12.3. The van der Waals surface area contributed by atoms with Crippen molar-refractivity contribution in [2.24, 2.45) is 5.92 Å². The van der Waals surface area contributed by atoms with Gasteiger partial charge >= 0.3 is 0 Å². The topological polar surface area (TPSA) is 81.1 Å². The Labute approximate surface area is 148 Å². The number of fused-ring (bicyclic) bond motifs is 1. The summed E-state index contributed by atoms with van der Waals surface area (Å²) in [7, 11) is 0. The van der Waals surface area contributed by atoms with E-state index in [0.717, 1.165) is 4.90 Å². The largest absolute Gasteiger partial charge is 0.486 e. The van der Waals surface area contributed by atoms with Crippen molar-refractivity contribution in [1.29, 1.82) is 0 Å². The van der Waals surface area contributed by atoms with Crippen LogP contribution < -0.4 is 25.0 Å². The van der Waals surface area contributed by atoms with Gasteiger partial charge in [0.25, 0.3) is 11.8 Å². The van der Waals surface area contributed by atoms with Crippen LogP contribution in [-0.2, 0) is 9.59 Å². The van der Waals surface area contributed by atoms with Gasteiger partial charge in [0.05, 0.1) is 6.54 Å². The Morgan fingerprint density at radius 3 is 2.48 bits per heavy atom. The number of quaternary nitrogens is 1. The van der Waals surface area contributed by atoms with E-state index in [0.29, 0.717) is 49.4 Å². The summed E-state index contributed by atoms with van der Waals surface area (Å²) in [4.78, 5) is 25.1. The van der Waals surface area contributed by atoms with Gasteiger partial charge in [-0.2, -0.15) is 0 Å². The summed E-state index contributed by atoms with van der Waals surface area (Å²) in [6.45, 7) is 8.97. The molecule has 0 spiro atoms. The first-order valence-electron chi connectivity index (χ1n) is 8.77. The second-order valence-corrected chi connectivity index (χ2v) is 6.56. The fraction of sp³-hybridized carbons (Fsp3) is 0.556. The van der Waals surface area contributed by atoms with Gasteiger partial charge in [-0.15, -0.1) is 0 Å². The third-order valence-electron chi connectivity index (χ3n) is 3.85. The number of carbonyl (C=O) groups is 2. The molecule has 2 rings (SSSR count). The summed E-state index contributed by atoms with van der Waals surface area (Å²) in [5.41, 5.74) is 0.661. The highest BCUT2D eigenvalue weighted by molar-refractivity contribution is 5.92. The molecule has 3 N–H and O–H groups in total. The van der Waals surface area contributed by atoms with Crippen LogP contribution in [0.3, 0.4) is 0 Å². The number of likely N-dealkylation sites (N-methyl/N-ethyl adjacent to an activating group) is 1. The van der Waals surface area contributed by atoms with E-state index in [1.807, 2.05) is 20.8 Å². The third-order valence-corrected chi connectivity index (χ3v) is 3.85. The van der Waals surface area contributed by atoms with Crippen molar-refractivity contribution in [2.45, 2.75) is 20.8 Å². The lowest BCUT2D eigenvalue weighted by Crippen LogP contribution is -3.14. The zero-order valence-corrected chi connectivity index (χ0v) is 15.2. The maximum atomic E-state index is 12.3. The van der Waals surface area contributed by atoms with Crippen molar-refractivity contribution in [3.8, 4) is 11.5 Å². The van der Waals surface area contributed by atoms with E-state index in [2.05, 4.69) is 10.6 Å². The van der Waals surface area contributed by atoms with Gasteiger partial charge in [-0.05, 0) is 25.0 Å². The average molecular weight is 350 g/mol. The van der Waals surface area contributed by atoms with Crippen molar-refractivity contribution in [3.05, 3.63) is 18.2 Å². The number of benzene rings is 1. The summed E-state index contributed by atoms with van der Waals surface area (Å²) >= 11 is 0. The smallest absolute Gasteiger partial charge is 0.279 e. The lowest BCUT2D eigenvalue weighted by Gasteiger charge is -2.20. The van der Waals surface area contributed by atoms with E-state index < -0.39 is 0 Å². The van der Waals surface area contributed by atoms with Gasteiger partial charge in [0.2, 0.25) is 0 Å². The van der Waals surface area contributed by atoms with Crippen LogP contribution in [0.4, 0.5) is 5.69 Å². The molecule has 1 aliphatic rings. The van der Waals surface area contributed by atoms with Crippen molar-refractivity contribution < 1.29 is 24.0 Å². The number of carbonyl (C=O) groups excluding carboxylic acids is 2. The Kier molecular flexibility index (Phi) is 7.06. The van der Waals surface area contributed by atoms with Gasteiger partial charge in [-0.25, -0.2) is 0 Å². The molecule has 2 amide bonds. The first-order chi connectivity index (χ1) is 12.0. The first-order valence-corrected chi connectivity index (χ1v) is 8.77. The number of rotatable bonds is 8. The molecule has 1 heterocycles. The fourth-order valence-electron chi connectivity index (χ4n) is 2.47. The van der Waals surface area contributed by atoms with E-state index in [1.54, 1.807) is 18.2 Å². The predicted molar refractivity (Wildman–Crippen MR) is 95.1 cm³/mol. The van der Waals surface area contributed by atoms with E-state index >= 15 is 0 Å². The Balaban J connectivity index is 1.84. The summed E-state index contributed by atoms with van der Waals surface area (Å²) in [5.74, 6) is 1.57. The number of nitrogens with one attached hydrogen (secondary N) is 3. The van der Waals surface area contributed by atoms with Crippen LogP contribution in [-0.4, -0.2) is 51.2 Å². The molecule has 0 radical (unpaired) electrons. The van der Waals surface area contributed by atoms with Crippen LogP contribution in [0.2, 0.25) is 0 Å². The molecule has 1 aromatic carbocycles. The Morgan fingerprint density at radius 2 is 1.80 bits per heavy atom. The van der Waals surface area contributed by atoms with Gasteiger partial charge in [0.1, 0.15) is 13.2 Å². The standard InChI is InChI=1S/C18H27N3O4/c1-4-21(11-17(22)19-10-13(2)3)12-18(23)20-14-5-6-15-16(9-14)25-8-7-24-15/h5-6,9,13H,4,7-8,10-12H2,1-3H3,(H,19,22)(H,20,23)/p+1. The molecule has 0 saturated heterocycles. The first kappa shape index (κ1) is 19.1. The van der Waals surface area contributed by atoms with Gasteiger partial charge in [0, 0.05) is 18.3 Å². The summed E-state index contributed by atoms with van der Waals surface area (Å²) in [6, 6.07) is 5.33. The number of anilines is 1. The van der Waals surface area contributed by atoms with Gasteiger partial charge < -0.3 is 25.0 Å². The second-order valence-electron chi connectivity index (χ2n) is 6.56. The van der Waals surface area contributed by atoms with E-state index in [4.69, 9.17) is 9.47 Å². The Hall–Kier alpha value is -2.28. The van der Waals surface area contributed by atoms with Crippen molar-refractivity contribution >= 4 is 17.5 Å². The second kappa shape index (κ2) is 9.27. The molecule has 1 atom stereocenters. The van der Waals surface area contributed by atoms with Crippen LogP contribution in [0.15, 0.2) is 18.2 Å². The van der Waals surface area contributed by atoms with Crippen molar-refractivity contribution in [2.75, 3.05) is 44.7 Å². The quantitative estimate of drug-likeness (QED) is 0.620. The fourth-order valence-corrected chi connectivity index (χ4v) is 2.47. The summed E-state index contributed by atoms with van der Waals surface area (Å²) in [5, 5.41) is 5.74. The van der Waals surface area contributed by atoms with E-state index in [-0.39, 0.29) is 24.9 Å². The summed E-state index contributed by atoms with van der Waals surface area (Å²) < 4.78 is 11.0. The normalized spacial score (nSPS) is 14.1. The van der Waals surface area contributed by atoms with Crippen molar-refractivity contribution in [3.63, 3.8) is 0 Å². The number of ether oxygens (including phenoxy) is 2. The summed E-state index contributed by atoms with van der Waals surface area (Å²) in [6.07, 6.45) is 0. The highest BCUT2D eigenvalue weighted by Gasteiger charge is 2.18. The van der Waals surface area contributed by atoms with Gasteiger partial charge in [-0.1, -0.05) is 13.8 Å². The average Bonchev–Trinajstić information content (AvgIpc) is 2.59. The molecule has 7 nitrogen and oxygen atoms in total. The molecule has 0 saturated carbocycles. The zero-order valence-electron chi connectivity index (χ0n) is 15.2. The van der Waals surface area contributed by atoms with Crippen LogP contribution in [0.1, 0.15) is 20.8 Å². The molecular formula is C18H28N3O4+. The lowest BCUT2D eigenvalue weighted by molar-refractivity contribution is -0.881. The SMILES string of the molecule is CC[NH+](CC(=O)NCC(C)C)CC(=O)Nc1ccc2c(c1)OCCO2. The zero-order chi connectivity index (χ0) is 18.2. The van der Waals surface area contributed by atoms with Crippen LogP contribution in [0, 0.1) is 5.92 Å². The van der Waals surface area contributed by atoms with Crippen LogP contribution in [0.25, 0.3) is 0 Å². The molecule has 1 aromatic rings. The molecule has 0 fully saturated rings. The molecule has 1 aliphatic heterocycles. The molecule has 0 aliphatic carbocycles. The molecule has 0 aromatic heterocycles. The molecule has 1 unspecified atom stereocenters.